The molecule has 0 aromatic rings. The van der Waals surface area contributed by atoms with E-state index in [-0.39, 0.29) is 13.0 Å². The van der Waals surface area contributed by atoms with Gasteiger partial charge in [0.1, 0.15) is 12.1 Å². The van der Waals surface area contributed by atoms with E-state index >= 15 is 0 Å². The van der Waals surface area contributed by atoms with Gasteiger partial charge in [-0.2, -0.15) is 0 Å². The van der Waals surface area contributed by atoms with Crippen molar-refractivity contribution in [1.82, 2.24) is 0 Å². The van der Waals surface area contributed by atoms with E-state index in [2.05, 4.69) is 38.2 Å². The van der Waals surface area contributed by atoms with Gasteiger partial charge >= 0.3 is 19.8 Å². The summed E-state index contributed by atoms with van der Waals surface area (Å²) in [6, 6.07) is -1.47. The maximum atomic E-state index is 12.6. The number of hydrogen-bond donors (Lipinski definition) is 3. The first kappa shape index (κ1) is 48.5. The van der Waals surface area contributed by atoms with Crippen molar-refractivity contribution in [2.45, 2.75) is 187 Å². The van der Waals surface area contributed by atoms with Gasteiger partial charge in [0, 0.05) is 13.0 Å². The molecule has 0 heterocycles. The van der Waals surface area contributed by atoms with Gasteiger partial charge in [-0.25, -0.2) is 4.57 Å². The highest BCUT2D eigenvalue weighted by molar-refractivity contribution is 7.47. The van der Waals surface area contributed by atoms with E-state index in [1.54, 1.807) is 0 Å². The molecule has 0 radical (unpaired) electrons. The summed E-state index contributed by atoms with van der Waals surface area (Å²) in [5.41, 5.74) is 5.34. The normalized spacial score (nSPS) is 14.3. The Hall–Kier alpha value is -1.55. The Morgan fingerprint density at radius 2 is 1.14 bits per heavy atom. The minimum atomic E-state index is -4.61. The summed E-state index contributed by atoms with van der Waals surface area (Å²) in [6.07, 6.45) is 36.5. The number of phosphoric ester groups is 1. The van der Waals surface area contributed by atoms with Gasteiger partial charge in [-0.3, -0.25) is 18.6 Å². The number of nitrogens with two attached hydrogens (primary N) is 1. The summed E-state index contributed by atoms with van der Waals surface area (Å²) in [5, 5.41) is 8.87. The monoisotopic (exact) mass is 732 g/mol. The molecular weight excluding hydrogens is 657 g/mol. The van der Waals surface area contributed by atoms with Crippen LogP contribution in [-0.2, 0) is 32.7 Å². The standard InChI is InChI=1S/C39H74NO9P/c1-3-5-7-9-11-13-15-17-19-21-23-25-27-29-31-38(41)49-36(34-47-50(44,45)48-35-37(40)39(42)43)33-46-32-30-28-26-24-22-20-18-16-14-12-10-8-6-4-2/h8,10,14,16,36-37H,3-7,9,11-13,15,17-35,40H2,1-2H3,(H,42,43)(H,44,45)/b10-8-,16-14-. The van der Waals surface area contributed by atoms with Crippen molar-refractivity contribution in [2.75, 3.05) is 26.4 Å². The van der Waals surface area contributed by atoms with Crippen LogP contribution < -0.4 is 5.73 Å². The van der Waals surface area contributed by atoms with Crippen LogP contribution >= 0.6 is 7.82 Å². The lowest BCUT2D eigenvalue weighted by molar-refractivity contribution is -0.154. The minimum Gasteiger partial charge on any atom is -0.480 e. The summed E-state index contributed by atoms with van der Waals surface area (Å²) in [7, 11) is -4.61. The summed E-state index contributed by atoms with van der Waals surface area (Å²) in [6.45, 7) is 3.80. The number of hydrogen-bond acceptors (Lipinski definition) is 8. The zero-order valence-corrected chi connectivity index (χ0v) is 32.6. The topological polar surface area (TPSA) is 155 Å². The van der Waals surface area contributed by atoms with Gasteiger partial charge in [-0.15, -0.1) is 0 Å². The molecule has 3 atom stereocenters. The van der Waals surface area contributed by atoms with Crippen LogP contribution in [0.2, 0.25) is 0 Å². The zero-order valence-electron chi connectivity index (χ0n) is 31.7. The van der Waals surface area contributed by atoms with Gasteiger partial charge in [0.15, 0.2) is 0 Å². The van der Waals surface area contributed by atoms with Crippen molar-refractivity contribution in [3.8, 4) is 0 Å². The van der Waals surface area contributed by atoms with E-state index in [0.29, 0.717) is 13.0 Å². The highest BCUT2D eigenvalue weighted by atomic mass is 31.2. The molecule has 0 saturated heterocycles. The van der Waals surface area contributed by atoms with Crippen LogP contribution in [0.15, 0.2) is 24.3 Å². The largest absolute Gasteiger partial charge is 0.480 e. The number of carboxylic acids is 1. The SMILES string of the molecule is CCC/C=C\C/C=C\CCCCCCCCOCC(COP(=O)(O)OCC(N)C(=O)O)OC(=O)CCCCCCCCCCCCCCCC. The minimum absolute atomic E-state index is 0.0130. The lowest BCUT2D eigenvalue weighted by Gasteiger charge is -2.20. The fourth-order valence-corrected chi connectivity index (χ4v) is 6.12. The number of unbranched alkanes of at least 4 members (excludes halogenated alkanes) is 20. The first-order valence-corrected chi connectivity index (χ1v) is 21.4. The molecule has 4 N–H and O–H groups in total. The molecule has 0 amide bonds. The number of aliphatic carboxylic acids is 1. The fourth-order valence-electron chi connectivity index (χ4n) is 5.35. The van der Waals surface area contributed by atoms with Crippen LogP contribution in [0.5, 0.6) is 0 Å². The quantitative estimate of drug-likeness (QED) is 0.0242. The average Bonchev–Trinajstić information content (AvgIpc) is 3.09. The van der Waals surface area contributed by atoms with E-state index < -0.39 is 45.1 Å². The summed E-state index contributed by atoms with van der Waals surface area (Å²) >= 11 is 0. The average molecular weight is 732 g/mol. The van der Waals surface area contributed by atoms with E-state index in [4.69, 9.17) is 29.4 Å². The maximum Gasteiger partial charge on any atom is 0.472 e. The predicted octanol–water partition coefficient (Wildman–Crippen LogP) is 10.4. The summed E-state index contributed by atoms with van der Waals surface area (Å²) in [5.74, 6) is -1.78. The second kappa shape index (κ2) is 35.8. The number of esters is 1. The molecule has 3 unspecified atom stereocenters. The first-order chi connectivity index (χ1) is 24.2. The molecule has 0 aliphatic heterocycles. The lowest BCUT2D eigenvalue weighted by atomic mass is 10.0. The Kier molecular flexibility index (Phi) is 34.7. The first-order valence-electron chi connectivity index (χ1n) is 19.9. The molecule has 0 spiro atoms. The van der Waals surface area contributed by atoms with Crippen molar-refractivity contribution < 1.29 is 42.7 Å². The van der Waals surface area contributed by atoms with E-state index in [1.807, 2.05) is 0 Å². The van der Waals surface area contributed by atoms with E-state index in [1.165, 1.54) is 96.3 Å². The third-order valence-corrected chi connectivity index (χ3v) is 9.42. The summed E-state index contributed by atoms with van der Waals surface area (Å²) in [4.78, 5) is 33.4. The molecule has 0 aliphatic rings. The smallest absolute Gasteiger partial charge is 0.472 e. The van der Waals surface area contributed by atoms with Gasteiger partial charge in [-0.05, 0) is 38.5 Å². The van der Waals surface area contributed by atoms with Crippen molar-refractivity contribution >= 4 is 19.8 Å². The molecule has 294 valence electrons. The number of carboxylic acid groups (broad SMARTS) is 1. The Morgan fingerprint density at radius 3 is 1.70 bits per heavy atom. The number of ether oxygens (including phenoxy) is 2. The van der Waals surface area contributed by atoms with Crippen LogP contribution in [0.1, 0.15) is 174 Å². The van der Waals surface area contributed by atoms with Gasteiger partial charge in [0.25, 0.3) is 0 Å². The molecule has 0 aromatic carbocycles. The van der Waals surface area contributed by atoms with Crippen molar-refractivity contribution in [2.24, 2.45) is 5.73 Å². The van der Waals surface area contributed by atoms with Crippen LogP contribution in [0.3, 0.4) is 0 Å². The van der Waals surface area contributed by atoms with Crippen LogP contribution in [0.4, 0.5) is 0 Å². The molecule has 0 bridgehead atoms. The fraction of sp³-hybridized carbons (Fsp3) is 0.846. The second-order valence-corrected chi connectivity index (χ2v) is 14.9. The van der Waals surface area contributed by atoms with Crippen LogP contribution in [-0.4, -0.2) is 60.5 Å². The Morgan fingerprint density at radius 1 is 0.640 bits per heavy atom. The molecule has 0 saturated carbocycles. The molecule has 0 rings (SSSR count). The predicted molar refractivity (Wildman–Crippen MR) is 203 cm³/mol. The van der Waals surface area contributed by atoms with Crippen LogP contribution in [0, 0.1) is 0 Å². The lowest BCUT2D eigenvalue weighted by Crippen LogP contribution is -2.34. The number of rotatable bonds is 38. The number of carbonyl (C=O) groups is 2. The molecule has 0 aliphatic carbocycles. The third kappa shape index (κ3) is 34.9. The van der Waals surface area contributed by atoms with Crippen molar-refractivity contribution in [3.63, 3.8) is 0 Å². The molecule has 0 fully saturated rings. The van der Waals surface area contributed by atoms with E-state index in [0.717, 1.165) is 51.4 Å². The molecule has 11 heteroatoms. The molecule has 50 heavy (non-hydrogen) atoms. The van der Waals surface area contributed by atoms with Gasteiger partial charge < -0.3 is 25.2 Å². The maximum absolute atomic E-state index is 12.6. The van der Waals surface area contributed by atoms with Crippen LogP contribution in [0.25, 0.3) is 0 Å². The van der Waals surface area contributed by atoms with Crippen molar-refractivity contribution in [3.05, 3.63) is 24.3 Å². The molecule has 10 nitrogen and oxygen atoms in total. The van der Waals surface area contributed by atoms with Gasteiger partial charge in [-0.1, -0.05) is 154 Å². The van der Waals surface area contributed by atoms with Crippen molar-refractivity contribution in [1.29, 1.82) is 0 Å². The Balaban J connectivity index is 4.29. The molecule has 0 aromatic heterocycles. The number of carbonyl (C=O) groups excluding carboxylic acids is 1. The van der Waals surface area contributed by atoms with Gasteiger partial charge in [0.2, 0.25) is 0 Å². The summed E-state index contributed by atoms with van der Waals surface area (Å²) < 4.78 is 33.2. The number of allylic oxidation sites excluding steroid dienone is 4. The Labute approximate surface area is 304 Å². The third-order valence-electron chi connectivity index (χ3n) is 8.46. The highest BCUT2D eigenvalue weighted by Gasteiger charge is 2.27. The second-order valence-electron chi connectivity index (χ2n) is 13.4. The zero-order chi connectivity index (χ0) is 37.0. The number of phosphoric acid groups is 1. The molecular formula is C39H74NO9P. The van der Waals surface area contributed by atoms with Gasteiger partial charge in [0.05, 0.1) is 19.8 Å². The Bertz CT molecular complexity index is 899. The highest BCUT2D eigenvalue weighted by Crippen LogP contribution is 2.43. The van der Waals surface area contributed by atoms with E-state index in [9.17, 15) is 19.0 Å².